The van der Waals surface area contributed by atoms with Gasteiger partial charge in [-0.25, -0.2) is 0 Å². The van der Waals surface area contributed by atoms with Gasteiger partial charge in [-0.1, -0.05) is 12.8 Å². The molecule has 0 spiro atoms. The molecule has 0 radical (unpaired) electrons. The fraction of sp³-hybridized carbons (Fsp3) is 1.00. The predicted octanol–water partition coefficient (Wildman–Crippen LogP) is 1.17. The summed E-state index contributed by atoms with van der Waals surface area (Å²) >= 11 is 0. The molecule has 2 nitrogen and oxygen atoms in total. The van der Waals surface area contributed by atoms with Crippen molar-refractivity contribution in [3.63, 3.8) is 0 Å². The zero-order chi connectivity index (χ0) is 7.52. The van der Waals surface area contributed by atoms with Crippen LogP contribution in [-0.2, 0) is 4.74 Å². The van der Waals surface area contributed by atoms with Crippen LogP contribution in [0.3, 0.4) is 0 Å². The van der Waals surface area contributed by atoms with Crippen molar-refractivity contribution in [2.75, 3.05) is 19.7 Å². The van der Waals surface area contributed by atoms with Crippen molar-refractivity contribution in [2.45, 2.75) is 31.8 Å². The van der Waals surface area contributed by atoms with Crippen molar-refractivity contribution < 1.29 is 4.74 Å². The lowest BCUT2D eigenvalue weighted by atomic mass is 10.3. The van der Waals surface area contributed by atoms with Crippen LogP contribution >= 0.6 is 0 Å². The molecule has 2 fully saturated rings. The van der Waals surface area contributed by atoms with Gasteiger partial charge in [0.25, 0.3) is 0 Å². The van der Waals surface area contributed by atoms with E-state index in [0.717, 1.165) is 25.6 Å². The molecule has 1 N–H and O–H groups in total. The molecule has 1 heterocycles. The number of hydrogen-bond acceptors (Lipinski definition) is 2. The Hall–Kier alpha value is -0.0800. The summed E-state index contributed by atoms with van der Waals surface area (Å²) in [5, 5.41) is 3.30. The second-order valence-electron chi connectivity index (χ2n) is 3.72. The van der Waals surface area contributed by atoms with E-state index in [0.29, 0.717) is 6.10 Å². The van der Waals surface area contributed by atoms with Gasteiger partial charge in [-0.05, 0) is 25.3 Å². The topological polar surface area (TPSA) is 21.3 Å². The molecule has 11 heavy (non-hydrogen) atoms. The fourth-order valence-electron chi connectivity index (χ4n) is 1.58. The number of rotatable bonds is 4. The van der Waals surface area contributed by atoms with Gasteiger partial charge in [-0.15, -0.1) is 0 Å². The Labute approximate surface area is 68.3 Å². The number of nitrogens with one attached hydrogen (secondary N) is 1. The maximum Gasteiger partial charge on any atom is 0.0711 e. The fourth-order valence-corrected chi connectivity index (χ4v) is 1.58. The van der Waals surface area contributed by atoms with Crippen LogP contribution in [0.2, 0.25) is 0 Å². The molecular weight excluding hydrogens is 138 g/mol. The van der Waals surface area contributed by atoms with Crippen LogP contribution in [0.15, 0.2) is 0 Å². The van der Waals surface area contributed by atoms with Crippen molar-refractivity contribution in [2.24, 2.45) is 5.92 Å². The van der Waals surface area contributed by atoms with Gasteiger partial charge in [0, 0.05) is 13.2 Å². The molecule has 2 heteroatoms. The highest BCUT2D eigenvalue weighted by molar-refractivity contribution is 4.74. The van der Waals surface area contributed by atoms with E-state index in [1.165, 1.54) is 25.7 Å². The van der Waals surface area contributed by atoms with Gasteiger partial charge in [0.2, 0.25) is 0 Å². The lowest BCUT2D eigenvalue weighted by molar-refractivity contribution is 0.0629. The summed E-state index contributed by atoms with van der Waals surface area (Å²) in [6, 6.07) is 0. The van der Waals surface area contributed by atoms with E-state index in [1.807, 2.05) is 0 Å². The average molecular weight is 155 g/mol. The second kappa shape index (κ2) is 3.55. The summed E-state index contributed by atoms with van der Waals surface area (Å²) in [6.45, 7) is 3.22. The third kappa shape index (κ3) is 2.46. The zero-order valence-corrected chi connectivity index (χ0v) is 7.01. The quantitative estimate of drug-likeness (QED) is 0.658. The minimum atomic E-state index is 0.522. The Morgan fingerprint density at radius 1 is 1.27 bits per heavy atom. The van der Waals surface area contributed by atoms with E-state index in [9.17, 15) is 0 Å². The smallest absolute Gasteiger partial charge is 0.0711 e. The Balaban J connectivity index is 1.51. The highest BCUT2D eigenvalue weighted by atomic mass is 16.5. The van der Waals surface area contributed by atoms with E-state index in [4.69, 9.17) is 4.74 Å². The summed E-state index contributed by atoms with van der Waals surface area (Å²) < 4.78 is 5.69. The van der Waals surface area contributed by atoms with E-state index in [1.54, 1.807) is 0 Å². The van der Waals surface area contributed by atoms with Gasteiger partial charge in [0.05, 0.1) is 6.10 Å². The molecule has 64 valence electrons. The summed E-state index contributed by atoms with van der Waals surface area (Å²) in [7, 11) is 0. The Kier molecular flexibility index (Phi) is 2.44. The number of hydrogen-bond donors (Lipinski definition) is 1. The van der Waals surface area contributed by atoms with Crippen LogP contribution in [0, 0.1) is 5.92 Å². The summed E-state index contributed by atoms with van der Waals surface area (Å²) in [5.74, 6) is 1.02. The van der Waals surface area contributed by atoms with Gasteiger partial charge >= 0.3 is 0 Å². The Morgan fingerprint density at radius 3 is 2.82 bits per heavy atom. The molecule has 1 aliphatic heterocycles. The Bertz CT molecular complexity index is 117. The van der Waals surface area contributed by atoms with Gasteiger partial charge < -0.3 is 10.1 Å². The normalized spacial score (nSPS) is 31.1. The van der Waals surface area contributed by atoms with Crippen LogP contribution in [0.25, 0.3) is 0 Å². The molecule has 0 aromatic carbocycles. The lowest BCUT2D eigenvalue weighted by Crippen LogP contribution is -2.17. The highest BCUT2D eigenvalue weighted by Gasteiger charge is 2.21. The molecule has 1 saturated carbocycles. The molecular formula is C9H17NO. The van der Waals surface area contributed by atoms with E-state index in [-0.39, 0.29) is 0 Å². The van der Waals surface area contributed by atoms with Crippen molar-refractivity contribution in [3.8, 4) is 0 Å². The third-order valence-electron chi connectivity index (χ3n) is 2.59. The molecule has 0 amide bonds. The number of ether oxygens (including phenoxy) is 1. The van der Waals surface area contributed by atoms with Crippen molar-refractivity contribution in [1.29, 1.82) is 0 Å². The average Bonchev–Trinajstić information content (AvgIpc) is 2.66. The van der Waals surface area contributed by atoms with Gasteiger partial charge in [0.1, 0.15) is 0 Å². The SMILES string of the molecule is C1CC(OCCC2CC2)CN1. The largest absolute Gasteiger partial charge is 0.377 e. The van der Waals surface area contributed by atoms with Gasteiger partial charge in [0.15, 0.2) is 0 Å². The van der Waals surface area contributed by atoms with Gasteiger partial charge in [-0.3, -0.25) is 0 Å². The maximum absolute atomic E-state index is 5.69. The highest BCUT2D eigenvalue weighted by Crippen LogP contribution is 2.32. The van der Waals surface area contributed by atoms with E-state index in [2.05, 4.69) is 5.32 Å². The van der Waals surface area contributed by atoms with Crippen LogP contribution in [-0.4, -0.2) is 25.8 Å². The minimum Gasteiger partial charge on any atom is -0.377 e. The van der Waals surface area contributed by atoms with Crippen molar-refractivity contribution >= 4 is 0 Å². The monoisotopic (exact) mass is 155 g/mol. The molecule has 1 atom stereocenters. The molecule has 0 aromatic rings. The lowest BCUT2D eigenvalue weighted by Gasteiger charge is -2.09. The summed E-state index contributed by atoms with van der Waals surface area (Å²) in [4.78, 5) is 0. The first-order chi connectivity index (χ1) is 5.45. The standard InChI is InChI=1S/C9H17NO/c1-2-8(1)4-6-11-9-3-5-10-7-9/h8-10H,1-7H2. The van der Waals surface area contributed by atoms with Crippen LogP contribution in [0.5, 0.6) is 0 Å². The summed E-state index contributed by atoms with van der Waals surface area (Å²) in [6.07, 6.45) is 5.94. The second-order valence-corrected chi connectivity index (χ2v) is 3.72. The molecule has 2 rings (SSSR count). The van der Waals surface area contributed by atoms with E-state index >= 15 is 0 Å². The van der Waals surface area contributed by atoms with Crippen molar-refractivity contribution in [1.82, 2.24) is 5.32 Å². The minimum absolute atomic E-state index is 0.522. The first-order valence-corrected chi connectivity index (χ1v) is 4.77. The zero-order valence-electron chi connectivity index (χ0n) is 7.01. The van der Waals surface area contributed by atoms with Crippen LogP contribution < -0.4 is 5.32 Å². The van der Waals surface area contributed by atoms with Crippen molar-refractivity contribution in [3.05, 3.63) is 0 Å². The van der Waals surface area contributed by atoms with Crippen LogP contribution in [0.1, 0.15) is 25.7 Å². The molecule has 2 aliphatic rings. The van der Waals surface area contributed by atoms with E-state index < -0.39 is 0 Å². The molecule has 0 aromatic heterocycles. The van der Waals surface area contributed by atoms with Crippen LogP contribution in [0.4, 0.5) is 0 Å². The molecule has 0 bridgehead atoms. The molecule has 1 aliphatic carbocycles. The molecule has 1 unspecified atom stereocenters. The van der Waals surface area contributed by atoms with Gasteiger partial charge in [-0.2, -0.15) is 0 Å². The first kappa shape index (κ1) is 7.56. The summed E-state index contributed by atoms with van der Waals surface area (Å²) in [5.41, 5.74) is 0. The Morgan fingerprint density at radius 2 is 2.18 bits per heavy atom. The first-order valence-electron chi connectivity index (χ1n) is 4.77. The maximum atomic E-state index is 5.69. The predicted molar refractivity (Wildman–Crippen MR) is 44.6 cm³/mol. The molecule has 1 saturated heterocycles. The third-order valence-corrected chi connectivity index (χ3v) is 2.59.